The van der Waals surface area contributed by atoms with E-state index in [2.05, 4.69) is 60.6 Å². The highest BCUT2D eigenvalue weighted by Gasteiger charge is 2.33. The smallest absolute Gasteiger partial charge is 0.193 e. The van der Waals surface area contributed by atoms with E-state index in [0.717, 1.165) is 67.2 Å². The molecule has 0 saturated carbocycles. The van der Waals surface area contributed by atoms with Gasteiger partial charge in [0.2, 0.25) is 0 Å². The van der Waals surface area contributed by atoms with Gasteiger partial charge in [0.15, 0.2) is 17.3 Å². The first-order chi connectivity index (χ1) is 19.1. The Morgan fingerprint density at radius 1 is 0.725 bits per heavy atom. The third kappa shape index (κ3) is 9.07. The van der Waals surface area contributed by atoms with E-state index < -0.39 is 5.60 Å². The van der Waals surface area contributed by atoms with Crippen molar-refractivity contribution in [3.05, 3.63) is 58.1 Å². The summed E-state index contributed by atoms with van der Waals surface area (Å²) in [5.41, 5.74) is 3.60. The highest BCUT2D eigenvalue weighted by Crippen LogP contribution is 2.37. The monoisotopic (exact) mass is 554 g/mol. The maximum Gasteiger partial charge on any atom is 0.193 e. The lowest BCUT2D eigenvalue weighted by molar-refractivity contribution is -0.410. The van der Waals surface area contributed by atoms with Crippen LogP contribution in [0.15, 0.2) is 30.3 Å². The lowest BCUT2D eigenvalue weighted by Gasteiger charge is -2.34. The summed E-state index contributed by atoms with van der Waals surface area (Å²) < 4.78 is 11.6. The molecule has 2 aromatic rings. The predicted octanol–water partition coefficient (Wildman–Crippen LogP) is 9.55. The van der Waals surface area contributed by atoms with Crippen molar-refractivity contribution in [2.45, 2.75) is 131 Å². The number of benzene rings is 2. The second-order valence-corrected chi connectivity index (χ2v) is 11.5. The van der Waals surface area contributed by atoms with Gasteiger partial charge in [-0.1, -0.05) is 71.9 Å². The second kappa shape index (κ2) is 16.2. The SMILES string of the molecule is CCCCCC(C)(C)OOC(C)(CC)c1cc(CCC)c(C(=O)c2ccc(OCC)c(OCC)c2)c(CCC)c1. The Hall–Kier alpha value is -2.37. The molecule has 0 bridgehead atoms. The summed E-state index contributed by atoms with van der Waals surface area (Å²) in [6.07, 6.45) is 8.67. The molecule has 0 aliphatic carbocycles. The molecule has 0 aromatic heterocycles. The van der Waals surface area contributed by atoms with Crippen molar-refractivity contribution in [1.29, 1.82) is 0 Å². The summed E-state index contributed by atoms with van der Waals surface area (Å²) in [4.78, 5) is 26.5. The van der Waals surface area contributed by atoms with Crippen LogP contribution in [0.1, 0.15) is 140 Å². The molecule has 2 aromatic carbocycles. The number of carbonyl (C=O) groups excluding carboxylic acids is 1. The average Bonchev–Trinajstić information content (AvgIpc) is 2.93. The number of ketones is 1. The molecule has 5 heteroatoms. The Balaban J connectivity index is 2.54. The first-order valence-corrected chi connectivity index (χ1v) is 15.6. The second-order valence-electron chi connectivity index (χ2n) is 11.5. The molecule has 0 fully saturated rings. The summed E-state index contributed by atoms with van der Waals surface area (Å²) in [6, 6.07) is 9.86. The standard InChI is InChI=1S/C35H54O5/c1-10-16-17-22-34(7,8)39-40-35(9,13-4)29-23-26(18-11-2)32(27(24-29)19-12-3)33(36)28-20-21-30(37-14-5)31(25-28)38-15-6/h20-21,23-25H,10-19,22H2,1-9H3. The minimum atomic E-state index is -0.629. The van der Waals surface area contributed by atoms with E-state index in [9.17, 15) is 4.79 Å². The van der Waals surface area contributed by atoms with Crippen LogP contribution in [-0.4, -0.2) is 24.6 Å². The van der Waals surface area contributed by atoms with Gasteiger partial charge in [0, 0.05) is 11.1 Å². The molecule has 1 atom stereocenters. The maximum atomic E-state index is 14.1. The van der Waals surface area contributed by atoms with E-state index in [4.69, 9.17) is 19.2 Å². The summed E-state index contributed by atoms with van der Waals surface area (Å²) >= 11 is 0. The maximum absolute atomic E-state index is 14.1. The van der Waals surface area contributed by atoms with E-state index in [1.807, 2.05) is 32.0 Å². The molecule has 0 heterocycles. The zero-order chi connectivity index (χ0) is 29.8. The topological polar surface area (TPSA) is 54.0 Å². The molecule has 0 amide bonds. The zero-order valence-electron chi connectivity index (χ0n) is 26.7. The molecule has 0 aliphatic heterocycles. The average molecular weight is 555 g/mol. The summed E-state index contributed by atoms with van der Waals surface area (Å²) in [5.74, 6) is 1.29. The minimum Gasteiger partial charge on any atom is -0.490 e. The van der Waals surface area contributed by atoms with Gasteiger partial charge in [-0.15, -0.1) is 0 Å². The number of hydrogen-bond acceptors (Lipinski definition) is 5. The van der Waals surface area contributed by atoms with Gasteiger partial charge in [-0.2, -0.15) is 0 Å². The quantitative estimate of drug-likeness (QED) is 0.0749. The van der Waals surface area contributed by atoms with E-state index >= 15 is 0 Å². The van der Waals surface area contributed by atoms with Crippen molar-refractivity contribution in [2.75, 3.05) is 13.2 Å². The van der Waals surface area contributed by atoms with E-state index in [-0.39, 0.29) is 11.4 Å². The summed E-state index contributed by atoms with van der Waals surface area (Å²) in [5, 5.41) is 0. The van der Waals surface area contributed by atoms with Crippen LogP contribution in [0.25, 0.3) is 0 Å². The lowest BCUT2D eigenvalue weighted by Crippen LogP contribution is -2.33. The van der Waals surface area contributed by atoms with Crippen molar-refractivity contribution in [1.82, 2.24) is 0 Å². The van der Waals surface area contributed by atoms with E-state index in [0.29, 0.717) is 30.3 Å². The van der Waals surface area contributed by atoms with Crippen molar-refractivity contribution in [3.8, 4) is 11.5 Å². The van der Waals surface area contributed by atoms with Gasteiger partial charge in [0.25, 0.3) is 0 Å². The fraction of sp³-hybridized carbons (Fsp3) is 0.629. The molecule has 224 valence electrons. The predicted molar refractivity (Wildman–Crippen MR) is 165 cm³/mol. The van der Waals surface area contributed by atoms with Gasteiger partial charge in [-0.3, -0.25) is 4.79 Å². The Morgan fingerprint density at radius 3 is 1.85 bits per heavy atom. The molecule has 0 aliphatic rings. The van der Waals surface area contributed by atoms with Gasteiger partial charge < -0.3 is 9.47 Å². The third-order valence-corrected chi connectivity index (χ3v) is 7.49. The van der Waals surface area contributed by atoms with Crippen molar-refractivity contribution < 1.29 is 24.0 Å². The van der Waals surface area contributed by atoms with Gasteiger partial charge in [0.1, 0.15) is 5.60 Å². The molecular weight excluding hydrogens is 500 g/mol. The molecule has 1 unspecified atom stereocenters. The Labute approximate surface area is 243 Å². The molecule has 0 N–H and O–H groups in total. The highest BCUT2D eigenvalue weighted by molar-refractivity contribution is 6.11. The van der Waals surface area contributed by atoms with Crippen LogP contribution < -0.4 is 9.47 Å². The van der Waals surface area contributed by atoms with Crippen LogP contribution in [0, 0.1) is 0 Å². The fourth-order valence-electron chi connectivity index (χ4n) is 4.99. The number of unbranched alkanes of at least 4 members (excludes halogenated alkanes) is 2. The first kappa shape index (κ1) is 33.8. The Morgan fingerprint density at radius 2 is 1.32 bits per heavy atom. The van der Waals surface area contributed by atoms with Crippen LogP contribution in [0.5, 0.6) is 11.5 Å². The van der Waals surface area contributed by atoms with Crippen LogP contribution in [0.3, 0.4) is 0 Å². The summed E-state index contributed by atoms with van der Waals surface area (Å²) in [7, 11) is 0. The van der Waals surface area contributed by atoms with E-state index in [1.54, 1.807) is 0 Å². The van der Waals surface area contributed by atoms with Gasteiger partial charge in [-0.25, -0.2) is 9.78 Å². The number of carbonyl (C=O) groups is 1. The van der Waals surface area contributed by atoms with Crippen molar-refractivity contribution >= 4 is 5.78 Å². The highest BCUT2D eigenvalue weighted by atomic mass is 17.2. The zero-order valence-corrected chi connectivity index (χ0v) is 26.7. The minimum absolute atomic E-state index is 0.0230. The molecule has 5 nitrogen and oxygen atoms in total. The number of aryl methyl sites for hydroxylation is 2. The number of ether oxygens (including phenoxy) is 2. The Kier molecular flexibility index (Phi) is 13.7. The van der Waals surface area contributed by atoms with Crippen LogP contribution in [0.2, 0.25) is 0 Å². The first-order valence-electron chi connectivity index (χ1n) is 15.6. The van der Waals surface area contributed by atoms with Gasteiger partial charge in [0.05, 0.1) is 18.8 Å². The van der Waals surface area contributed by atoms with Crippen LogP contribution in [0.4, 0.5) is 0 Å². The molecular formula is C35H54O5. The van der Waals surface area contributed by atoms with Crippen molar-refractivity contribution in [3.63, 3.8) is 0 Å². The molecule has 2 rings (SSSR count). The fourth-order valence-corrected chi connectivity index (χ4v) is 4.99. The van der Waals surface area contributed by atoms with Crippen LogP contribution >= 0.6 is 0 Å². The van der Waals surface area contributed by atoms with E-state index in [1.165, 1.54) is 12.8 Å². The molecule has 40 heavy (non-hydrogen) atoms. The lowest BCUT2D eigenvalue weighted by atomic mass is 9.83. The van der Waals surface area contributed by atoms with Gasteiger partial charge in [-0.05, 0) is 95.2 Å². The largest absolute Gasteiger partial charge is 0.490 e. The van der Waals surface area contributed by atoms with Gasteiger partial charge >= 0.3 is 0 Å². The third-order valence-electron chi connectivity index (χ3n) is 7.49. The Bertz CT molecular complexity index is 1050. The number of hydrogen-bond donors (Lipinski definition) is 0. The molecule has 0 spiro atoms. The van der Waals surface area contributed by atoms with Crippen LogP contribution in [-0.2, 0) is 28.2 Å². The van der Waals surface area contributed by atoms with Crippen molar-refractivity contribution in [2.24, 2.45) is 0 Å². The molecule has 0 radical (unpaired) electrons. The normalized spacial score (nSPS) is 13.2. The number of rotatable bonds is 19. The molecule has 0 saturated heterocycles. The summed E-state index contributed by atoms with van der Waals surface area (Å²) in [6.45, 7) is 19.8.